The zero-order valence-electron chi connectivity index (χ0n) is 18.4. The van der Waals surface area contributed by atoms with E-state index >= 15 is 4.39 Å². The lowest BCUT2D eigenvalue weighted by Gasteiger charge is -2.41. The van der Waals surface area contributed by atoms with E-state index in [1.807, 2.05) is 41.9 Å². The van der Waals surface area contributed by atoms with E-state index in [1.165, 1.54) is 17.0 Å². The number of imidazole rings is 2. The predicted octanol–water partition coefficient (Wildman–Crippen LogP) is 2.73. The first kappa shape index (κ1) is 20.5. The second-order valence-electron chi connectivity index (χ2n) is 8.71. The molecule has 0 bridgehead atoms. The number of pyridine rings is 1. The average molecular weight is 459 g/mol. The van der Waals surface area contributed by atoms with Gasteiger partial charge in [0.25, 0.3) is 5.91 Å². The largest absolute Gasteiger partial charge is 0.391 e. The van der Waals surface area contributed by atoms with Crippen molar-refractivity contribution in [2.75, 3.05) is 5.73 Å². The molecule has 4 aromatic heterocycles. The molecule has 1 amide bonds. The molecule has 3 N–H and O–H groups in total. The fourth-order valence-electron chi connectivity index (χ4n) is 4.67. The van der Waals surface area contributed by atoms with Crippen LogP contribution in [0.25, 0.3) is 22.2 Å². The van der Waals surface area contributed by atoms with Crippen molar-refractivity contribution in [3.63, 3.8) is 0 Å². The summed E-state index contributed by atoms with van der Waals surface area (Å²) in [6.07, 6.45) is 5.87. The first-order valence-electron chi connectivity index (χ1n) is 11.0. The summed E-state index contributed by atoms with van der Waals surface area (Å²) in [5.41, 5.74) is 9.52. The van der Waals surface area contributed by atoms with Gasteiger partial charge in [0.1, 0.15) is 29.1 Å². The third-order valence-corrected chi connectivity index (χ3v) is 6.60. The number of aliphatic hydroxyl groups excluding tert-OH is 1. The van der Waals surface area contributed by atoms with Crippen LogP contribution in [0.15, 0.2) is 49.1 Å². The molecule has 0 saturated heterocycles. The molecule has 1 aromatic carbocycles. The van der Waals surface area contributed by atoms with E-state index in [2.05, 4.69) is 15.0 Å². The first-order valence-corrected chi connectivity index (χ1v) is 11.0. The van der Waals surface area contributed by atoms with Gasteiger partial charge in [-0.1, -0.05) is 6.07 Å². The molecule has 1 aliphatic carbocycles. The number of aliphatic hydroxyl groups is 1. The molecule has 34 heavy (non-hydrogen) atoms. The Morgan fingerprint density at radius 1 is 1.29 bits per heavy atom. The van der Waals surface area contributed by atoms with Crippen molar-refractivity contribution in [1.82, 2.24) is 28.7 Å². The minimum atomic E-state index is -0.700. The quantitative estimate of drug-likeness (QED) is 0.427. The van der Waals surface area contributed by atoms with Crippen molar-refractivity contribution in [3.05, 3.63) is 71.8 Å². The number of rotatable bonds is 4. The normalized spacial score (nSPS) is 18.0. The predicted molar refractivity (Wildman–Crippen MR) is 124 cm³/mol. The van der Waals surface area contributed by atoms with E-state index in [-0.39, 0.29) is 17.9 Å². The SMILES string of the molecule is Cc1ncn2c1c(N)nc1cc(F)c(C(=O)N(Cc3cn4ccccc4n3)C3CCC3O)cc12. The van der Waals surface area contributed by atoms with Gasteiger partial charge in [0.2, 0.25) is 0 Å². The number of nitrogens with zero attached hydrogens (tertiary/aromatic N) is 6. The summed E-state index contributed by atoms with van der Waals surface area (Å²) in [6.45, 7) is 1.96. The Labute approximate surface area is 193 Å². The second-order valence-corrected chi connectivity index (χ2v) is 8.71. The number of amides is 1. The summed E-state index contributed by atoms with van der Waals surface area (Å²) in [4.78, 5) is 28.4. The van der Waals surface area contributed by atoms with Crippen LogP contribution < -0.4 is 5.73 Å². The van der Waals surface area contributed by atoms with Crippen LogP contribution in [0.3, 0.4) is 0 Å². The Balaban J connectivity index is 1.44. The van der Waals surface area contributed by atoms with E-state index < -0.39 is 23.9 Å². The van der Waals surface area contributed by atoms with Gasteiger partial charge in [-0.3, -0.25) is 9.20 Å². The van der Waals surface area contributed by atoms with E-state index in [0.29, 0.717) is 40.8 Å². The maximum absolute atomic E-state index is 15.2. The van der Waals surface area contributed by atoms with Crippen LogP contribution in [0.2, 0.25) is 0 Å². The number of aryl methyl sites for hydroxylation is 1. The molecule has 172 valence electrons. The van der Waals surface area contributed by atoms with Crippen LogP contribution in [0.4, 0.5) is 10.2 Å². The minimum Gasteiger partial charge on any atom is -0.391 e. The van der Waals surface area contributed by atoms with E-state index in [9.17, 15) is 9.90 Å². The molecule has 1 aliphatic rings. The molecule has 2 unspecified atom stereocenters. The summed E-state index contributed by atoms with van der Waals surface area (Å²) in [5, 5.41) is 10.4. The number of aromatic nitrogens is 5. The number of hydrogen-bond donors (Lipinski definition) is 2. The average Bonchev–Trinajstić information content (AvgIpc) is 3.40. The van der Waals surface area contributed by atoms with Crippen LogP contribution in [-0.4, -0.2) is 51.8 Å². The van der Waals surface area contributed by atoms with Gasteiger partial charge >= 0.3 is 0 Å². The number of nitrogens with two attached hydrogens (primary N) is 1. The summed E-state index contributed by atoms with van der Waals surface area (Å²) in [6, 6.07) is 7.93. The Morgan fingerprint density at radius 2 is 2.15 bits per heavy atom. The van der Waals surface area contributed by atoms with Crippen molar-refractivity contribution in [2.24, 2.45) is 0 Å². The number of hydrogen-bond acceptors (Lipinski definition) is 6. The summed E-state index contributed by atoms with van der Waals surface area (Å²) >= 11 is 0. The number of benzene rings is 1. The van der Waals surface area contributed by atoms with Gasteiger partial charge in [-0.15, -0.1) is 0 Å². The standard InChI is InChI=1S/C24H22FN7O2/c1-13-22-23(26)29-17-9-16(25)15(8-19(17)32(22)12-27-13)24(34)31(18-5-6-20(18)33)11-14-10-30-7-3-2-4-21(30)28-14/h2-4,7-10,12,18,20,33H,5-6,11H2,1H3,(H2,26,29). The molecule has 5 aromatic rings. The molecule has 1 fully saturated rings. The van der Waals surface area contributed by atoms with Gasteiger partial charge in [-0.2, -0.15) is 0 Å². The summed E-state index contributed by atoms with van der Waals surface area (Å²) < 4.78 is 18.8. The number of carbonyl (C=O) groups is 1. The lowest BCUT2D eigenvalue weighted by molar-refractivity contribution is -0.0173. The third kappa shape index (κ3) is 3.10. The maximum atomic E-state index is 15.2. The van der Waals surface area contributed by atoms with Crippen LogP contribution in [-0.2, 0) is 6.54 Å². The van der Waals surface area contributed by atoms with Crippen molar-refractivity contribution >= 4 is 33.9 Å². The Morgan fingerprint density at radius 3 is 2.88 bits per heavy atom. The van der Waals surface area contributed by atoms with Crippen molar-refractivity contribution in [3.8, 4) is 0 Å². The Bertz CT molecular complexity index is 1560. The van der Waals surface area contributed by atoms with Crippen LogP contribution in [0.1, 0.15) is 34.6 Å². The van der Waals surface area contributed by atoms with Crippen molar-refractivity contribution < 1.29 is 14.3 Å². The number of carbonyl (C=O) groups excluding carboxylic acids is 1. The van der Waals surface area contributed by atoms with Gasteiger partial charge in [0.05, 0.1) is 46.7 Å². The first-order chi connectivity index (χ1) is 16.4. The number of fused-ring (bicyclic) bond motifs is 4. The highest BCUT2D eigenvalue weighted by Crippen LogP contribution is 2.31. The summed E-state index contributed by atoms with van der Waals surface area (Å²) in [5.74, 6) is -0.969. The van der Waals surface area contributed by atoms with E-state index in [0.717, 1.165) is 5.65 Å². The van der Waals surface area contributed by atoms with E-state index in [4.69, 9.17) is 5.73 Å². The molecular formula is C24H22FN7O2. The van der Waals surface area contributed by atoms with Crippen molar-refractivity contribution in [2.45, 2.75) is 38.5 Å². The smallest absolute Gasteiger partial charge is 0.257 e. The number of halogens is 1. The monoisotopic (exact) mass is 459 g/mol. The van der Waals surface area contributed by atoms with E-state index in [1.54, 1.807) is 10.7 Å². The molecule has 0 spiro atoms. The lowest BCUT2D eigenvalue weighted by Crippen LogP contribution is -2.52. The highest BCUT2D eigenvalue weighted by molar-refractivity contribution is 5.99. The molecular weight excluding hydrogens is 437 g/mol. The van der Waals surface area contributed by atoms with Gasteiger partial charge in [-0.05, 0) is 38.0 Å². The molecule has 9 nitrogen and oxygen atoms in total. The lowest BCUT2D eigenvalue weighted by atomic mass is 9.87. The molecule has 10 heteroatoms. The second kappa shape index (κ2) is 7.49. The molecule has 6 rings (SSSR count). The van der Waals surface area contributed by atoms with Gasteiger partial charge in [-0.25, -0.2) is 19.3 Å². The van der Waals surface area contributed by atoms with Crippen LogP contribution in [0.5, 0.6) is 0 Å². The van der Waals surface area contributed by atoms with Gasteiger partial charge in [0.15, 0.2) is 0 Å². The molecule has 2 atom stereocenters. The topological polar surface area (TPSA) is 114 Å². The zero-order valence-corrected chi connectivity index (χ0v) is 18.4. The maximum Gasteiger partial charge on any atom is 0.257 e. The Kier molecular flexibility index (Phi) is 4.53. The molecule has 0 radical (unpaired) electrons. The zero-order chi connectivity index (χ0) is 23.6. The van der Waals surface area contributed by atoms with Crippen LogP contribution >= 0.6 is 0 Å². The Hall–Kier alpha value is -4.05. The molecule has 0 aliphatic heterocycles. The highest BCUT2D eigenvalue weighted by atomic mass is 19.1. The fourth-order valence-corrected chi connectivity index (χ4v) is 4.67. The van der Waals surface area contributed by atoms with Gasteiger partial charge < -0.3 is 20.1 Å². The third-order valence-electron chi connectivity index (χ3n) is 6.60. The molecule has 4 heterocycles. The molecule has 1 saturated carbocycles. The summed E-state index contributed by atoms with van der Waals surface area (Å²) in [7, 11) is 0. The highest BCUT2D eigenvalue weighted by Gasteiger charge is 2.38. The fraction of sp³-hybridized carbons (Fsp3) is 0.250. The minimum absolute atomic E-state index is 0.102. The van der Waals surface area contributed by atoms with Gasteiger partial charge in [0, 0.05) is 18.5 Å². The number of anilines is 1. The van der Waals surface area contributed by atoms with Crippen molar-refractivity contribution in [1.29, 1.82) is 0 Å². The van der Waals surface area contributed by atoms with Crippen LogP contribution in [0, 0.1) is 12.7 Å². The number of nitrogen functional groups attached to an aromatic ring is 1.